The molecule has 0 fully saturated rings. The number of halogens is 2. The monoisotopic (exact) mass is 596 g/mol. The Hall–Kier alpha value is -5.49. The van der Waals surface area contributed by atoms with Gasteiger partial charge >= 0.3 is 6.01 Å². The highest BCUT2D eigenvalue weighted by atomic mass is 19.1. The molecule has 3 N–H and O–H groups in total. The molecule has 3 aromatic heterocycles. The highest BCUT2D eigenvalue weighted by Gasteiger charge is 2.29. The number of ether oxygens (including phenoxy) is 1. The first-order valence-electron chi connectivity index (χ1n) is 13.7. The molecule has 0 saturated heterocycles. The molecule has 5 aromatic rings. The van der Waals surface area contributed by atoms with Gasteiger partial charge in [0.1, 0.15) is 0 Å². The third-order valence-corrected chi connectivity index (χ3v) is 7.41. The van der Waals surface area contributed by atoms with Crippen molar-refractivity contribution >= 4 is 23.0 Å². The molecular formula is C32H26F2N6O4. The molecule has 2 aromatic carbocycles. The van der Waals surface area contributed by atoms with E-state index in [1.54, 1.807) is 41.8 Å². The number of aliphatic hydroxyl groups excluding tert-OH is 1. The van der Waals surface area contributed by atoms with Gasteiger partial charge in [0, 0.05) is 48.9 Å². The Morgan fingerprint density at radius 2 is 1.93 bits per heavy atom. The molecule has 1 aliphatic heterocycles. The van der Waals surface area contributed by atoms with Crippen LogP contribution in [0, 0.1) is 12.7 Å². The molecule has 10 nitrogen and oxygen atoms in total. The van der Waals surface area contributed by atoms with Crippen molar-refractivity contribution in [2.45, 2.75) is 19.8 Å². The second-order valence-electron chi connectivity index (χ2n) is 10.3. The van der Waals surface area contributed by atoms with E-state index in [0.717, 1.165) is 5.56 Å². The van der Waals surface area contributed by atoms with E-state index in [2.05, 4.69) is 21.5 Å². The summed E-state index contributed by atoms with van der Waals surface area (Å²) in [6.45, 7) is 5.01. The average Bonchev–Trinajstić information content (AvgIpc) is 3.56. The molecular weight excluding hydrogens is 570 g/mol. The normalized spacial score (nSPS) is 12.4. The van der Waals surface area contributed by atoms with Crippen LogP contribution in [-0.4, -0.2) is 49.4 Å². The van der Waals surface area contributed by atoms with E-state index in [9.17, 15) is 19.1 Å². The van der Waals surface area contributed by atoms with Crippen LogP contribution in [0.2, 0.25) is 0 Å². The average molecular weight is 597 g/mol. The summed E-state index contributed by atoms with van der Waals surface area (Å²) in [7, 11) is 0. The molecule has 0 saturated carbocycles. The minimum Gasteiger partial charge on any atom is -0.421 e. The lowest BCUT2D eigenvalue weighted by atomic mass is 9.95. The van der Waals surface area contributed by atoms with Gasteiger partial charge in [-0.25, -0.2) is 18.7 Å². The van der Waals surface area contributed by atoms with Crippen molar-refractivity contribution in [3.8, 4) is 34.1 Å². The fourth-order valence-corrected chi connectivity index (χ4v) is 5.47. The number of amides is 2. The number of hydrogen-bond acceptors (Lipinski definition) is 7. The van der Waals surface area contributed by atoms with E-state index in [-0.39, 0.29) is 36.9 Å². The van der Waals surface area contributed by atoms with Crippen molar-refractivity contribution < 1.29 is 28.2 Å². The lowest BCUT2D eigenvalue weighted by Crippen LogP contribution is -2.28. The molecule has 2 amide bonds. The van der Waals surface area contributed by atoms with Gasteiger partial charge in [-0.05, 0) is 60.4 Å². The molecule has 44 heavy (non-hydrogen) atoms. The molecule has 0 aliphatic carbocycles. The van der Waals surface area contributed by atoms with Crippen LogP contribution in [0.3, 0.4) is 0 Å². The van der Waals surface area contributed by atoms with Crippen LogP contribution in [0.1, 0.15) is 27.3 Å². The highest BCUT2D eigenvalue weighted by Crippen LogP contribution is 2.42. The van der Waals surface area contributed by atoms with Crippen LogP contribution >= 0.6 is 0 Å². The molecule has 0 bridgehead atoms. The summed E-state index contributed by atoms with van der Waals surface area (Å²) in [5, 5.41) is 9.55. The van der Waals surface area contributed by atoms with Crippen molar-refractivity contribution in [3.63, 3.8) is 0 Å². The van der Waals surface area contributed by atoms with E-state index in [4.69, 9.17) is 10.5 Å². The number of fused-ring (bicyclic) bond motifs is 2. The summed E-state index contributed by atoms with van der Waals surface area (Å²) in [6.07, 6.45) is 5.39. The van der Waals surface area contributed by atoms with Gasteiger partial charge in [-0.3, -0.25) is 14.6 Å². The number of carbonyl (C=O) groups excluding carboxylic acids is 2. The van der Waals surface area contributed by atoms with Crippen molar-refractivity contribution in [1.82, 2.24) is 19.4 Å². The molecule has 0 unspecified atom stereocenters. The lowest BCUT2D eigenvalue weighted by Gasteiger charge is -2.16. The maximum atomic E-state index is 15.6. The molecule has 4 heterocycles. The largest absolute Gasteiger partial charge is 0.421 e. The Morgan fingerprint density at radius 3 is 2.64 bits per heavy atom. The maximum absolute atomic E-state index is 15.6. The summed E-state index contributed by atoms with van der Waals surface area (Å²) in [5.41, 5.74) is 10.7. The van der Waals surface area contributed by atoms with Crippen molar-refractivity contribution in [1.29, 1.82) is 0 Å². The third kappa shape index (κ3) is 5.05. The molecule has 12 heteroatoms. The minimum absolute atomic E-state index is 0.0192. The van der Waals surface area contributed by atoms with Gasteiger partial charge in [0.25, 0.3) is 11.8 Å². The number of benzene rings is 2. The van der Waals surface area contributed by atoms with Crippen molar-refractivity contribution in [2.24, 2.45) is 5.73 Å². The van der Waals surface area contributed by atoms with Gasteiger partial charge in [0.15, 0.2) is 17.4 Å². The lowest BCUT2D eigenvalue weighted by molar-refractivity contribution is -0.116. The van der Waals surface area contributed by atoms with Crippen molar-refractivity contribution in [2.75, 3.05) is 18.1 Å². The minimum atomic E-state index is -1.06. The predicted molar refractivity (Wildman–Crippen MR) is 158 cm³/mol. The quantitative estimate of drug-likeness (QED) is 0.248. The number of primary amides is 1. The van der Waals surface area contributed by atoms with E-state index >= 15 is 4.39 Å². The molecule has 0 radical (unpaired) electrons. The molecule has 0 atom stereocenters. The van der Waals surface area contributed by atoms with Crippen LogP contribution in [-0.2, 0) is 17.6 Å². The topological polar surface area (TPSA) is 136 Å². The van der Waals surface area contributed by atoms with Gasteiger partial charge in [0.05, 0.1) is 28.7 Å². The van der Waals surface area contributed by atoms with Gasteiger partial charge in [-0.2, -0.15) is 0 Å². The second-order valence-corrected chi connectivity index (χ2v) is 10.3. The summed E-state index contributed by atoms with van der Waals surface area (Å²) < 4.78 is 36.5. The Morgan fingerprint density at radius 1 is 1.14 bits per heavy atom. The number of carbonyl (C=O) groups is 2. The Bertz CT molecular complexity index is 1990. The highest BCUT2D eigenvalue weighted by molar-refractivity contribution is 6.11. The van der Waals surface area contributed by atoms with Crippen molar-refractivity contribution in [3.05, 3.63) is 102 Å². The predicted octanol–water partition coefficient (Wildman–Crippen LogP) is 4.70. The summed E-state index contributed by atoms with van der Waals surface area (Å²) in [5.74, 6) is -3.46. The van der Waals surface area contributed by atoms with Crippen LogP contribution in [0.4, 0.5) is 14.5 Å². The van der Waals surface area contributed by atoms with Crippen LogP contribution < -0.4 is 15.4 Å². The Kier molecular flexibility index (Phi) is 7.35. The molecule has 222 valence electrons. The number of aryl methyl sites for hydroxylation is 1. The number of hydrogen-bond donors (Lipinski definition) is 2. The first-order valence-corrected chi connectivity index (χ1v) is 13.7. The Labute approximate surface area is 250 Å². The van der Waals surface area contributed by atoms with Crippen LogP contribution in [0.25, 0.3) is 27.9 Å². The smallest absolute Gasteiger partial charge is 0.322 e. The third-order valence-electron chi connectivity index (χ3n) is 7.41. The first kappa shape index (κ1) is 28.6. The second kappa shape index (κ2) is 11.3. The zero-order valence-corrected chi connectivity index (χ0v) is 23.6. The van der Waals surface area contributed by atoms with E-state index < -0.39 is 23.5 Å². The molecule has 1 aliphatic rings. The number of aliphatic hydroxyl groups is 1. The maximum Gasteiger partial charge on any atom is 0.322 e. The molecule has 0 spiro atoms. The summed E-state index contributed by atoms with van der Waals surface area (Å²) in [6, 6.07) is 11.2. The van der Waals surface area contributed by atoms with E-state index in [1.807, 2.05) is 6.07 Å². The number of rotatable bonds is 8. The number of nitrogens with two attached hydrogens (primary N) is 1. The fourth-order valence-electron chi connectivity index (χ4n) is 5.47. The van der Waals surface area contributed by atoms with Crippen LogP contribution in [0.15, 0.2) is 73.5 Å². The van der Waals surface area contributed by atoms with Crippen LogP contribution in [0.5, 0.6) is 11.8 Å². The number of anilines is 1. The van der Waals surface area contributed by atoms with Gasteiger partial charge in [-0.15, -0.1) is 0 Å². The first-order chi connectivity index (χ1) is 21.2. The fraction of sp³-hybridized carbons (Fsp3) is 0.156. The molecule has 6 rings (SSSR count). The zero-order chi connectivity index (χ0) is 31.1. The summed E-state index contributed by atoms with van der Waals surface area (Å²) >= 11 is 0. The zero-order valence-electron chi connectivity index (χ0n) is 23.6. The number of nitrogens with zero attached hydrogens (tertiary/aromatic N) is 5. The summed E-state index contributed by atoms with van der Waals surface area (Å²) in [4.78, 5) is 39.2. The van der Waals surface area contributed by atoms with Gasteiger partial charge < -0.3 is 24.9 Å². The SMILES string of the molecule is C=C(F)C(=O)N1CCc2cc(-c3c(-c4ccc(Oc5nccc(C)n5)c(F)c4)c(C(N)=O)c4cnc(CCO)cn34)ccc21. The standard InChI is InChI=1S/C32H26F2N6O4/c1-17-7-10-36-32(38-17)44-26-6-4-20(14-23(26)34)27-28(30(35)42)25-15-37-22(9-12-41)16-40(25)29(27)21-3-5-24-19(13-21)8-11-39(24)31(43)18(2)33/h3-7,10,13-16,41H,2,8-9,11-12H2,1H3,(H2,35,42). The Balaban J connectivity index is 1.55. The van der Waals surface area contributed by atoms with E-state index in [1.165, 1.54) is 29.4 Å². The number of aromatic nitrogens is 4. The van der Waals surface area contributed by atoms with E-state index in [0.29, 0.717) is 51.4 Å². The van der Waals surface area contributed by atoms with Gasteiger partial charge in [0.2, 0.25) is 0 Å². The van der Waals surface area contributed by atoms with Gasteiger partial charge in [-0.1, -0.05) is 18.7 Å².